The van der Waals surface area contributed by atoms with Crippen molar-refractivity contribution in [1.82, 2.24) is 10.6 Å². The van der Waals surface area contributed by atoms with Gasteiger partial charge in [-0.2, -0.15) is 0 Å². The normalized spacial score (nSPS) is 12.4. The summed E-state index contributed by atoms with van der Waals surface area (Å²) in [6, 6.07) is 18.4. The molecule has 0 unspecified atom stereocenters. The Balaban J connectivity index is 1.53. The number of carbonyl (C=O) groups excluding carboxylic acids is 1. The van der Waals surface area contributed by atoms with Crippen molar-refractivity contribution in [2.45, 2.75) is 44.9 Å². The number of halogens is 1. The van der Waals surface area contributed by atoms with E-state index in [0.717, 1.165) is 11.1 Å². The van der Waals surface area contributed by atoms with Crippen LogP contribution < -0.4 is 10.6 Å². The van der Waals surface area contributed by atoms with E-state index in [1.807, 2.05) is 32.0 Å². The summed E-state index contributed by atoms with van der Waals surface area (Å²) < 4.78 is 13.0. The van der Waals surface area contributed by atoms with Crippen LogP contribution in [-0.2, 0) is 19.4 Å². The zero-order valence-corrected chi connectivity index (χ0v) is 20.1. The highest BCUT2D eigenvalue weighted by atomic mass is 19.1. The fourth-order valence-electron chi connectivity index (χ4n) is 3.90. The van der Waals surface area contributed by atoms with Gasteiger partial charge in [0.25, 0.3) is 5.91 Å². The maximum atomic E-state index is 13.0. The number of amides is 1. The van der Waals surface area contributed by atoms with Crippen LogP contribution in [0.3, 0.4) is 0 Å². The van der Waals surface area contributed by atoms with Crippen LogP contribution in [0.1, 0.15) is 52.6 Å². The van der Waals surface area contributed by atoms with Gasteiger partial charge in [0.15, 0.2) is 0 Å². The van der Waals surface area contributed by atoms with Gasteiger partial charge in [-0.05, 0) is 79.8 Å². The van der Waals surface area contributed by atoms with Gasteiger partial charge in [0.2, 0.25) is 0 Å². The van der Waals surface area contributed by atoms with Crippen molar-refractivity contribution < 1.29 is 24.5 Å². The van der Waals surface area contributed by atoms with Crippen molar-refractivity contribution in [2.75, 3.05) is 13.1 Å². The van der Waals surface area contributed by atoms with E-state index in [0.29, 0.717) is 36.1 Å². The molecule has 0 aliphatic rings. The van der Waals surface area contributed by atoms with E-state index in [-0.39, 0.29) is 36.2 Å². The lowest BCUT2D eigenvalue weighted by molar-refractivity contribution is 0.0954. The van der Waals surface area contributed by atoms with Crippen molar-refractivity contribution in [3.8, 4) is 5.75 Å². The highest BCUT2D eigenvalue weighted by molar-refractivity contribution is 5.94. The Morgan fingerprint density at radius 1 is 1.03 bits per heavy atom. The number of hydrogen-bond donors (Lipinski definition) is 5. The van der Waals surface area contributed by atoms with Crippen molar-refractivity contribution in [3.63, 3.8) is 0 Å². The number of hydrogen-bond acceptors (Lipinski definition) is 5. The van der Waals surface area contributed by atoms with Gasteiger partial charge >= 0.3 is 0 Å². The van der Waals surface area contributed by atoms with E-state index in [4.69, 9.17) is 0 Å². The molecule has 0 fully saturated rings. The second-order valence-corrected chi connectivity index (χ2v) is 9.34. The highest BCUT2D eigenvalue weighted by Gasteiger charge is 2.21. The van der Waals surface area contributed by atoms with Crippen molar-refractivity contribution in [1.29, 1.82) is 0 Å². The minimum absolute atomic E-state index is 0.00360. The molecule has 0 saturated heterocycles. The number of nitrogens with one attached hydrogen (secondary N) is 2. The molecular weight excluding hydrogens is 447 g/mol. The molecule has 0 bridgehead atoms. The van der Waals surface area contributed by atoms with Crippen molar-refractivity contribution in [3.05, 3.63) is 100 Å². The monoisotopic (exact) mass is 480 g/mol. The van der Waals surface area contributed by atoms with Crippen LogP contribution in [0.2, 0.25) is 0 Å². The van der Waals surface area contributed by atoms with E-state index >= 15 is 0 Å². The molecule has 0 radical (unpaired) electrons. The number of carbonyl (C=O) groups is 1. The Morgan fingerprint density at radius 2 is 1.77 bits per heavy atom. The van der Waals surface area contributed by atoms with E-state index in [1.165, 1.54) is 18.2 Å². The largest absolute Gasteiger partial charge is 0.508 e. The molecule has 1 atom stereocenters. The van der Waals surface area contributed by atoms with Gasteiger partial charge in [-0.1, -0.05) is 30.3 Å². The fraction of sp³-hybridized carbons (Fsp3) is 0.321. The van der Waals surface area contributed by atoms with Crippen LogP contribution in [0.5, 0.6) is 5.75 Å². The predicted octanol–water partition coefficient (Wildman–Crippen LogP) is 3.64. The summed E-state index contributed by atoms with van der Waals surface area (Å²) in [5, 5.41) is 35.9. The molecule has 6 nitrogen and oxygen atoms in total. The summed E-state index contributed by atoms with van der Waals surface area (Å²) in [5.74, 6) is -0.448. The minimum Gasteiger partial charge on any atom is -0.508 e. The molecule has 0 saturated carbocycles. The summed E-state index contributed by atoms with van der Waals surface area (Å²) in [6.45, 7) is 4.47. The number of β-amino-alcohol motifs (C(OH)–C–C–N with tert-alkyl or cyclic N) is 1. The molecule has 5 N–H and O–H groups in total. The van der Waals surface area contributed by atoms with Crippen LogP contribution in [0.15, 0.2) is 66.7 Å². The summed E-state index contributed by atoms with van der Waals surface area (Å²) >= 11 is 0. The number of rotatable bonds is 11. The zero-order valence-electron chi connectivity index (χ0n) is 20.1. The van der Waals surface area contributed by atoms with Gasteiger partial charge in [-0.3, -0.25) is 4.79 Å². The quantitative estimate of drug-likeness (QED) is 0.288. The summed E-state index contributed by atoms with van der Waals surface area (Å²) in [5.41, 5.74) is 3.11. The lowest BCUT2D eigenvalue weighted by Gasteiger charge is -2.28. The van der Waals surface area contributed by atoms with E-state index < -0.39 is 6.10 Å². The topological polar surface area (TPSA) is 102 Å². The van der Waals surface area contributed by atoms with E-state index in [2.05, 4.69) is 10.6 Å². The average Bonchev–Trinajstić information content (AvgIpc) is 2.84. The van der Waals surface area contributed by atoms with Gasteiger partial charge in [0, 0.05) is 29.8 Å². The Hall–Kier alpha value is -3.26. The maximum Gasteiger partial charge on any atom is 0.251 e. The lowest BCUT2D eigenvalue weighted by atomic mass is 9.93. The molecule has 35 heavy (non-hydrogen) atoms. The molecule has 0 aliphatic carbocycles. The Labute approximate surface area is 205 Å². The second kappa shape index (κ2) is 11.9. The van der Waals surface area contributed by atoms with Gasteiger partial charge < -0.3 is 26.0 Å². The Bertz CT molecular complexity index is 1130. The molecule has 3 aromatic rings. The number of phenols is 1. The highest BCUT2D eigenvalue weighted by Crippen LogP contribution is 2.23. The second-order valence-electron chi connectivity index (χ2n) is 9.34. The third-order valence-corrected chi connectivity index (χ3v) is 5.88. The summed E-state index contributed by atoms with van der Waals surface area (Å²) in [4.78, 5) is 12.6. The molecule has 0 aromatic heterocycles. The number of aromatic hydroxyl groups is 1. The van der Waals surface area contributed by atoms with Gasteiger partial charge in [0.1, 0.15) is 11.6 Å². The maximum absolute atomic E-state index is 13.0. The molecular formula is C28H33FN2O4. The first-order valence-electron chi connectivity index (χ1n) is 11.6. The molecule has 0 aliphatic heterocycles. The first-order chi connectivity index (χ1) is 16.7. The van der Waals surface area contributed by atoms with Gasteiger partial charge in [-0.25, -0.2) is 4.39 Å². The molecule has 3 aromatic carbocycles. The molecule has 0 spiro atoms. The predicted molar refractivity (Wildman–Crippen MR) is 134 cm³/mol. The van der Waals surface area contributed by atoms with Crippen LogP contribution in [0.4, 0.5) is 4.39 Å². The summed E-state index contributed by atoms with van der Waals surface area (Å²) in [7, 11) is 0. The lowest BCUT2D eigenvalue weighted by Crippen LogP contribution is -2.43. The van der Waals surface area contributed by atoms with Gasteiger partial charge in [-0.15, -0.1) is 0 Å². The Kier molecular flexibility index (Phi) is 8.98. The molecule has 7 heteroatoms. The smallest absolute Gasteiger partial charge is 0.251 e. The number of aliphatic hydroxyl groups excluding tert-OH is 2. The molecule has 0 heterocycles. The van der Waals surface area contributed by atoms with Crippen molar-refractivity contribution >= 4 is 5.91 Å². The average molecular weight is 481 g/mol. The van der Waals surface area contributed by atoms with Crippen LogP contribution in [-0.4, -0.2) is 39.9 Å². The minimum atomic E-state index is -0.807. The standard InChI is InChI=1S/C28H33FN2O4/c1-28(2,31-17-26(34)21-8-11-25(33)23(15-21)18-32)16-20-4-3-5-22(14-20)27(35)30-13-12-19-6-9-24(29)10-7-19/h3-11,14-15,26,31-34H,12-13,16-18H2,1-2H3,(H,30,35)/t26-/m0/s1. The molecule has 186 valence electrons. The van der Waals surface area contributed by atoms with Crippen molar-refractivity contribution in [2.24, 2.45) is 0 Å². The molecule has 1 amide bonds. The summed E-state index contributed by atoms with van der Waals surface area (Å²) in [6.07, 6.45) is 0.443. The SMILES string of the molecule is CC(C)(Cc1cccc(C(=O)NCCc2ccc(F)cc2)c1)NC[C@H](O)c1ccc(O)c(CO)c1. The molecule has 3 rings (SSSR count). The first kappa shape index (κ1) is 26.3. The third kappa shape index (κ3) is 7.89. The van der Waals surface area contributed by atoms with Crippen LogP contribution in [0, 0.1) is 5.82 Å². The number of aliphatic hydroxyl groups is 2. The van der Waals surface area contributed by atoms with E-state index in [1.54, 1.807) is 30.3 Å². The fourth-order valence-corrected chi connectivity index (χ4v) is 3.90. The zero-order chi connectivity index (χ0) is 25.4. The Morgan fingerprint density at radius 3 is 2.49 bits per heavy atom. The third-order valence-electron chi connectivity index (χ3n) is 5.88. The number of benzene rings is 3. The van der Waals surface area contributed by atoms with Crippen LogP contribution in [0.25, 0.3) is 0 Å². The van der Waals surface area contributed by atoms with Gasteiger partial charge in [0.05, 0.1) is 12.7 Å². The van der Waals surface area contributed by atoms with E-state index in [9.17, 15) is 24.5 Å². The first-order valence-corrected chi connectivity index (χ1v) is 11.6. The van der Waals surface area contributed by atoms with Crippen LogP contribution >= 0.6 is 0 Å².